The molecular formula is C30H42N2O2. The molecule has 1 N–H and O–H groups in total. The summed E-state index contributed by atoms with van der Waals surface area (Å²) in [7, 11) is 0. The van der Waals surface area contributed by atoms with Crippen LogP contribution >= 0.6 is 0 Å². The Morgan fingerprint density at radius 1 is 1.15 bits per heavy atom. The van der Waals surface area contributed by atoms with Crippen LogP contribution in [-0.2, 0) is 14.9 Å². The molecule has 0 radical (unpaired) electrons. The van der Waals surface area contributed by atoms with Crippen molar-refractivity contribution in [3.63, 3.8) is 0 Å². The molecule has 1 amide bonds. The predicted molar refractivity (Wildman–Crippen MR) is 138 cm³/mol. The van der Waals surface area contributed by atoms with Crippen molar-refractivity contribution in [3.05, 3.63) is 59.7 Å². The summed E-state index contributed by atoms with van der Waals surface area (Å²) in [5.41, 5.74) is 4.56. The normalized spacial score (nSPS) is 28.2. The number of ether oxygens (including phenoxy) is 1. The maximum absolute atomic E-state index is 13.2. The van der Waals surface area contributed by atoms with E-state index in [1.807, 2.05) is 0 Å². The van der Waals surface area contributed by atoms with Crippen molar-refractivity contribution in [2.45, 2.75) is 63.7 Å². The molecule has 0 aromatic heterocycles. The first-order valence-corrected chi connectivity index (χ1v) is 13.5. The first-order valence-electron chi connectivity index (χ1n) is 13.5. The third-order valence-electron chi connectivity index (χ3n) is 9.42. The summed E-state index contributed by atoms with van der Waals surface area (Å²) in [6.45, 7) is 12.0. The van der Waals surface area contributed by atoms with Gasteiger partial charge in [-0.2, -0.15) is 0 Å². The van der Waals surface area contributed by atoms with E-state index in [1.165, 1.54) is 43.2 Å². The molecule has 3 fully saturated rings. The van der Waals surface area contributed by atoms with Crippen molar-refractivity contribution < 1.29 is 9.53 Å². The monoisotopic (exact) mass is 462 g/mol. The first kappa shape index (κ1) is 23.8. The molecular weight excluding hydrogens is 420 g/mol. The van der Waals surface area contributed by atoms with Crippen LogP contribution in [0.2, 0.25) is 0 Å². The van der Waals surface area contributed by atoms with E-state index in [4.69, 9.17) is 4.74 Å². The van der Waals surface area contributed by atoms with E-state index in [-0.39, 0.29) is 22.7 Å². The Balaban J connectivity index is 1.11. The lowest BCUT2D eigenvalue weighted by molar-refractivity contribution is -0.123. The number of nitrogens with zero attached hydrogens (tertiary/aromatic N) is 1. The van der Waals surface area contributed by atoms with Crippen LogP contribution < -0.4 is 5.32 Å². The number of piperidine rings is 1. The number of carbonyl (C=O) groups excluding carboxylic acids is 1. The van der Waals surface area contributed by atoms with Crippen LogP contribution in [0.15, 0.2) is 54.1 Å². The number of likely N-dealkylation sites (tertiary alicyclic amines) is 1. The van der Waals surface area contributed by atoms with E-state index in [0.29, 0.717) is 5.92 Å². The van der Waals surface area contributed by atoms with E-state index in [2.05, 4.69) is 60.1 Å². The first-order chi connectivity index (χ1) is 16.5. The Kier molecular flexibility index (Phi) is 7.00. The molecule has 5 rings (SSSR count). The standard InChI is InChI=1S/C30H42N2O2/c1-23(2)25-10-8-24(9-11-25)21-32-16-12-29(13-17-32)20-27(29)28(33)31-22-30(14-18-34-19-15-30)26-6-4-3-5-7-26/h3-8,25,27H,1,9-22H2,2H3,(H,31,33)/t25-,27?/m1/s1. The second kappa shape index (κ2) is 9.99. The van der Waals surface area contributed by atoms with E-state index in [0.717, 1.165) is 58.7 Å². The maximum Gasteiger partial charge on any atom is 0.223 e. The lowest BCUT2D eigenvalue weighted by Crippen LogP contribution is -2.45. The van der Waals surface area contributed by atoms with E-state index in [1.54, 1.807) is 5.57 Å². The van der Waals surface area contributed by atoms with Gasteiger partial charge in [0.15, 0.2) is 0 Å². The lowest BCUT2D eigenvalue weighted by atomic mass is 9.74. The van der Waals surface area contributed by atoms with Gasteiger partial charge in [0.25, 0.3) is 0 Å². The number of rotatable bonds is 7. The van der Waals surface area contributed by atoms with Crippen LogP contribution in [0.3, 0.4) is 0 Å². The molecule has 2 aliphatic heterocycles. The second-order valence-corrected chi connectivity index (χ2v) is 11.6. The van der Waals surface area contributed by atoms with Gasteiger partial charge >= 0.3 is 0 Å². The maximum atomic E-state index is 13.2. The van der Waals surface area contributed by atoms with Gasteiger partial charge in [-0.05, 0) is 88.3 Å². The summed E-state index contributed by atoms with van der Waals surface area (Å²) < 4.78 is 5.66. The minimum Gasteiger partial charge on any atom is -0.381 e. The van der Waals surface area contributed by atoms with Crippen molar-refractivity contribution in [1.82, 2.24) is 10.2 Å². The largest absolute Gasteiger partial charge is 0.381 e. The molecule has 1 aromatic carbocycles. The molecule has 2 atom stereocenters. The third kappa shape index (κ3) is 5.04. The van der Waals surface area contributed by atoms with Crippen LogP contribution in [0.4, 0.5) is 0 Å². The zero-order valence-electron chi connectivity index (χ0n) is 21.0. The third-order valence-corrected chi connectivity index (χ3v) is 9.42. The number of carbonyl (C=O) groups is 1. The second-order valence-electron chi connectivity index (χ2n) is 11.6. The van der Waals surface area contributed by atoms with Gasteiger partial charge in [-0.25, -0.2) is 0 Å². The summed E-state index contributed by atoms with van der Waals surface area (Å²) in [6, 6.07) is 10.7. The summed E-state index contributed by atoms with van der Waals surface area (Å²) in [5.74, 6) is 1.19. The minimum atomic E-state index is 0.0114. The topological polar surface area (TPSA) is 41.6 Å². The Morgan fingerprint density at radius 3 is 2.53 bits per heavy atom. The number of nitrogens with one attached hydrogen (secondary N) is 1. The van der Waals surface area contributed by atoms with Crippen molar-refractivity contribution in [3.8, 4) is 0 Å². The highest BCUT2D eigenvalue weighted by molar-refractivity contribution is 5.82. The van der Waals surface area contributed by atoms with Crippen molar-refractivity contribution in [2.24, 2.45) is 17.3 Å². The van der Waals surface area contributed by atoms with Gasteiger partial charge in [0.2, 0.25) is 5.91 Å². The van der Waals surface area contributed by atoms with Crippen molar-refractivity contribution in [1.29, 1.82) is 0 Å². The summed E-state index contributed by atoms with van der Waals surface area (Å²) >= 11 is 0. The van der Waals surface area contributed by atoms with Gasteiger partial charge in [0.1, 0.15) is 0 Å². The molecule has 1 unspecified atom stereocenters. The highest BCUT2D eigenvalue weighted by Crippen LogP contribution is 2.59. The molecule has 1 aromatic rings. The Bertz CT molecular complexity index is 907. The number of hydrogen-bond acceptors (Lipinski definition) is 3. The molecule has 2 saturated heterocycles. The van der Waals surface area contributed by atoms with Gasteiger partial charge in [-0.15, -0.1) is 0 Å². The zero-order valence-corrected chi connectivity index (χ0v) is 21.0. The zero-order chi connectivity index (χ0) is 23.6. The fraction of sp³-hybridized carbons (Fsp3) is 0.633. The fourth-order valence-electron chi connectivity index (χ4n) is 6.70. The van der Waals surface area contributed by atoms with Gasteiger partial charge in [-0.3, -0.25) is 9.69 Å². The van der Waals surface area contributed by atoms with E-state index >= 15 is 0 Å². The van der Waals surface area contributed by atoms with Crippen molar-refractivity contribution >= 4 is 5.91 Å². The van der Waals surface area contributed by atoms with E-state index < -0.39 is 0 Å². The molecule has 2 heterocycles. The molecule has 34 heavy (non-hydrogen) atoms. The van der Waals surface area contributed by atoms with Gasteiger partial charge in [0, 0.05) is 37.6 Å². The number of hydrogen-bond donors (Lipinski definition) is 1. The van der Waals surface area contributed by atoms with Gasteiger partial charge in [-0.1, -0.05) is 54.1 Å². The van der Waals surface area contributed by atoms with Gasteiger partial charge < -0.3 is 10.1 Å². The van der Waals surface area contributed by atoms with Crippen LogP contribution in [0, 0.1) is 17.3 Å². The number of amides is 1. The molecule has 2 aliphatic carbocycles. The quantitative estimate of drug-likeness (QED) is 0.562. The van der Waals surface area contributed by atoms with Crippen LogP contribution in [0.5, 0.6) is 0 Å². The van der Waals surface area contributed by atoms with Gasteiger partial charge in [0.05, 0.1) is 0 Å². The summed E-state index contributed by atoms with van der Waals surface area (Å²) in [5, 5.41) is 3.39. The molecule has 0 bridgehead atoms. The summed E-state index contributed by atoms with van der Waals surface area (Å²) in [6.07, 6.45) is 11.5. The minimum absolute atomic E-state index is 0.0114. The van der Waals surface area contributed by atoms with Crippen molar-refractivity contribution in [2.75, 3.05) is 39.4 Å². The van der Waals surface area contributed by atoms with E-state index in [9.17, 15) is 4.79 Å². The SMILES string of the molecule is C=C(C)[C@@H]1CC=C(CN2CCC3(CC2)CC3C(=O)NCC2(c3ccccc3)CCOCC2)CC1. The Labute approximate surface area is 205 Å². The summed E-state index contributed by atoms with van der Waals surface area (Å²) in [4.78, 5) is 15.8. The number of benzene rings is 1. The molecule has 1 saturated carbocycles. The van der Waals surface area contributed by atoms with Crippen LogP contribution in [-0.4, -0.2) is 50.2 Å². The molecule has 4 nitrogen and oxygen atoms in total. The molecule has 4 aliphatic rings. The average Bonchev–Trinajstić information content (AvgIpc) is 3.59. The smallest absolute Gasteiger partial charge is 0.223 e. The highest BCUT2D eigenvalue weighted by Gasteiger charge is 2.58. The predicted octanol–water partition coefficient (Wildman–Crippen LogP) is 5.26. The Hall–Kier alpha value is -1.91. The average molecular weight is 463 g/mol. The Morgan fingerprint density at radius 2 is 1.88 bits per heavy atom. The molecule has 4 heteroatoms. The fourth-order valence-corrected chi connectivity index (χ4v) is 6.70. The van der Waals surface area contributed by atoms with Crippen LogP contribution in [0.1, 0.15) is 63.9 Å². The molecule has 184 valence electrons. The van der Waals surface area contributed by atoms with Crippen LogP contribution in [0.25, 0.3) is 0 Å². The number of allylic oxidation sites excluding steroid dienone is 2. The molecule has 1 spiro atoms. The lowest BCUT2D eigenvalue weighted by Gasteiger charge is -2.38. The highest BCUT2D eigenvalue weighted by atomic mass is 16.5.